The first-order valence-electron chi connectivity index (χ1n) is 2.93. The Morgan fingerprint density at radius 2 is 2.00 bits per heavy atom. The van der Waals surface area contributed by atoms with Gasteiger partial charge in [-0.05, 0) is 0 Å². The van der Waals surface area contributed by atoms with E-state index in [9.17, 15) is 9.59 Å². The third-order valence-electron chi connectivity index (χ3n) is 1.33. The standard InChI is InChI=1S/C5H4N4O2.V/c10-4-2-3(7-1-6-2)8-5(11)9-4;/h1H,(H3,6,7,8,9,10,11);. The summed E-state index contributed by atoms with van der Waals surface area (Å²) in [6.07, 6.45) is 1.34. The maximum atomic E-state index is 10.9. The van der Waals surface area contributed by atoms with Gasteiger partial charge in [-0.3, -0.25) is 14.8 Å². The quantitative estimate of drug-likeness (QED) is 0.509. The van der Waals surface area contributed by atoms with E-state index >= 15 is 0 Å². The van der Waals surface area contributed by atoms with Gasteiger partial charge in [-0.1, -0.05) is 0 Å². The molecule has 1 radical (unpaired) electrons. The van der Waals surface area contributed by atoms with Gasteiger partial charge in [0.2, 0.25) is 0 Å². The van der Waals surface area contributed by atoms with Crippen molar-refractivity contribution >= 4 is 11.2 Å². The third-order valence-corrected chi connectivity index (χ3v) is 1.33. The fourth-order valence-corrected chi connectivity index (χ4v) is 0.867. The molecule has 0 bridgehead atoms. The van der Waals surface area contributed by atoms with Crippen molar-refractivity contribution in [1.29, 1.82) is 0 Å². The molecule has 0 saturated carbocycles. The zero-order valence-electron chi connectivity index (χ0n) is 5.79. The normalized spacial score (nSPS) is 9.67. The van der Waals surface area contributed by atoms with Crippen LogP contribution in [0, 0.1) is 0 Å². The van der Waals surface area contributed by atoms with Crippen LogP contribution < -0.4 is 11.2 Å². The Kier molecular flexibility index (Phi) is 2.21. The van der Waals surface area contributed by atoms with Gasteiger partial charge in [-0.2, -0.15) is 0 Å². The topological polar surface area (TPSA) is 94.4 Å². The van der Waals surface area contributed by atoms with Crippen LogP contribution in [0.15, 0.2) is 15.9 Å². The van der Waals surface area contributed by atoms with Gasteiger partial charge in [-0.25, -0.2) is 9.78 Å². The molecule has 0 unspecified atom stereocenters. The first kappa shape index (κ1) is 8.83. The van der Waals surface area contributed by atoms with Crippen molar-refractivity contribution in [3.8, 4) is 0 Å². The van der Waals surface area contributed by atoms with Crippen LogP contribution in [0.5, 0.6) is 0 Å². The average Bonchev–Trinajstić information content (AvgIpc) is 2.34. The van der Waals surface area contributed by atoms with Crippen molar-refractivity contribution in [2.45, 2.75) is 0 Å². The predicted molar refractivity (Wildman–Crippen MR) is 37.3 cm³/mol. The summed E-state index contributed by atoms with van der Waals surface area (Å²) in [6, 6.07) is 0. The number of aromatic amines is 3. The van der Waals surface area contributed by atoms with Gasteiger partial charge in [0.05, 0.1) is 6.33 Å². The van der Waals surface area contributed by atoms with E-state index in [1.54, 1.807) is 0 Å². The number of hydrogen-bond donors (Lipinski definition) is 3. The average molecular weight is 203 g/mol. The largest absolute Gasteiger partial charge is 0.339 e. The van der Waals surface area contributed by atoms with E-state index in [2.05, 4.69) is 19.9 Å². The van der Waals surface area contributed by atoms with E-state index in [1.165, 1.54) is 6.33 Å². The fraction of sp³-hybridized carbons (Fsp3) is 0. The number of fused-ring (bicyclic) bond motifs is 1. The molecule has 2 aromatic rings. The van der Waals surface area contributed by atoms with E-state index in [0.717, 1.165) is 0 Å². The summed E-state index contributed by atoms with van der Waals surface area (Å²) in [6.45, 7) is 0. The SMILES string of the molecule is O=c1[nH]c(=O)c2[nH]cnc2[nH]1.[V]. The van der Waals surface area contributed by atoms with Gasteiger partial charge in [0.1, 0.15) is 5.52 Å². The summed E-state index contributed by atoms with van der Waals surface area (Å²) in [4.78, 5) is 32.3. The second-order valence-corrected chi connectivity index (χ2v) is 2.03. The second kappa shape index (κ2) is 3.00. The van der Waals surface area contributed by atoms with E-state index < -0.39 is 11.2 Å². The van der Waals surface area contributed by atoms with Crippen LogP contribution in [0.3, 0.4) is 0 Å². The van der Waals surface area contributed by atoms with E-state index in [0.29, 0.717) is 0 Å². The number of nitrogens with one attached hydrogen (secondary N) is 3. The number of H-pyrrole nitrogens is 3. The molecule has 7 heteroatoms. The molecule has 0 amide bonds. The molecule has 0 aliphatic carbocycles. The van der Waals surface area contributed by atoms with Gasteiger partial charge in [0.15, 0.2) is 5.65 Å². The summed E-state index contributed by atoms with van der Waals surface area (Å²) in [5, 5.41) is 0. The molecule has 2 aromatic heterocycles. The Morgan fingerprint density at radius 1 is 1.25 bits per heavy atom. The maximum absolute atomic E-state index is 10.9. The zero-order valence-corrected chi connectivity index (χ0v) is 7.18. The Balaban J connectivity index is 0.000000720. The summed E-state index contributed by atoms with van der Waals surface area (Å²) in [5.74, 6) is 0. The van der Waals surface area contributed by atoms with Crippen LogP contribution in [0.1, 0.15) is 0 Å². The summed E-state index contributed by atoms with van der Waals surface area (Å²) >= 11 is 0. The summed E-state index contributed by atoms with van der Waals surface area (Å²) < 4.78 is 0. The zero-order chi connectivity index (χ0) is 7.84. The van der Waals surface area contributed by atoms with Crippen LogP contribution in [-0.4, -0.2) is 19.9 Å². The third kappa shape index (κ3) is 1.22. The summed E-state index contributed by atoms with van der Waals surface area (Å²) in [7, 11) is 0. The first-order chi connectivity index (χ1) is 5.27. The Bertz CT molecular complexity index is 496. The smallest absolute Gasteiger partial charge is 0.327 e. The number of rotatable bonds is 0. The van der Waals surface area contributed by atoms with E-state index in [-0.39, 0.29) is 29.7 Å². The molecule has 12 heavy (non-hydrogen) atoms. The molecular weight excluding hydrogens is 199 g/mol. The molecule has 3 N–H and O–H groups in total. The monoisotopic (exact) mass is 203 g/mol. The minimum atomic E-state index is -0.547. The van der Waals surface area contributed by atoms with E-state index in [1.807, 2.05) is 0 Å². The molecule has 0 aliphatic heterocycles. The molecule has 0 aromatic carbocycles. The molecule has 61 valence electrons. The summed E-state index contributed by atoms with van der Waals surface area (Å²) in [5.41, 5.74) is -0.445. The van der Waals surface area contributed by atoms with Crippen LogP contribution in [0.4, 0.5) is 0 Å². The molecule has 2 heterocycles. The Labute approximate surface area is 77.3 Å². The predicted octanol–water partition coefficient (Wildman–Crippen LogP) is -1.06. The van der Waals surface area contributed by atoms with Crippen LogP contribution in [0.2, 0.25) is 0 Å². The maximum Gasteiger partial charge on any atom is 0.327 e. The van der Waals surface area contributed by atoms with Crippen LogP contribution in [0.25, 0.3) is 11.2 Å². The van der Waals surface area contributed by atoms with Crippen LogP contribution in [-0.2, 0) is 18.6 Å². The van der Waals surface area contributed by atoms with Crippen molar-refractivity contribution in [2.24, 2.45) is 0 Å². The van der Waals surface area contributed by atoms with Crippen molar-refractivity contribution in [2.75, 3.05) is 0 Å². The van der Waals surface area contributed by atoms with Gasteiger partial charge in [-0.15, -0.1) is 0 Å². The molecule has 0 aliphatic rings. The number of nitrogens with zero attached hydrogens (tertiary/aromatic N) is 1. The van der Waals surface area contributed by atoms with Gasteiger partial charge >= 0.3 is 5.69 Å². The van der Waals surface area contributed by atoms with Gasteiger partial charge < -0.3 is 4.98 Å². The van der Waals surface area contributed by atoms with Crippen LogP contribution >= 0.6 is 0 Å². The van der Waals surface area contributed by atoms with E-state index in [4.69, 9.17) is 0 Å². The molecule has 0 spiro atoms. The van der Waals surface area contributed by atoms with Crippen molar-refractivity contribution in [1.82, 2.24) is 19.9 Å². The first-order valence-corrected chi connectivity index (χ1v) is 2.93. The van der Waals surface area contributed by atoms with Crippen molar-refractivity contribution in [3.63, 3.8) is 0 Å². The number of aromatic nitrogens is 4. The fourth-order valence-electron chi connectivity index (χ4n) is 0.867. The molecular formula is C5H4N4O2V. The molecule has 0 saturated heterocycles. The Morgan fingerprint density at radius 3 is 2.75 bits per heavy atom. The molecule has 6 nitrogen and oxygen atoms in total. The molecule has 0 fully saturated rings. The minimum absolute atomic E-state index is 0. The van der Waals surface area contributed by atoms with Gasteiger partial charge in [0, 0.05) is 18.6 Å². The number of hydrogen-bond acceptors (Lipinski definition) is 3. The van der Waals surface area contributed by atoms with Gasteiger partial charge in [0.25, 0.3) is 5.56 Å². The molecule has 0 atom stereocenters. The Hall–Kier alpha value is -1.27. The molecule has 2 rings (SSSR count). The minimum Gasteiger partial charge on any atom is -0.339 e. The van der Waals surface area contributed by atoms with Crippen molar-refractivity contribution in [3.05, 3.63) is 27.2 Å². The second-order valence-electron chi connectivity index (χ2n) is 2.03. The number of imidazole rings is 1. The van der Waals surface area contributed by atoms with Crippen molar-refractivity contribution < 1.29 is 18.6 Å².